The summed E-state index contributed by atoms with van der Waals surface area (Å²) in [6.45, 7) is 3.79. The van der Waals surface area contributed by atoms with Crippen LogP contribution in [0.15, 0.2) is 48.6 Å². The molecule has 9 heteroatoms. The quantitative estimate of drug-likeness (QED) is 0.0261. The predicted octanol–water partition coefficient (Wildman–Crippen LogP) is 16.5. The number of rotatable bonds is 55. The smallest absolute Gasteiger partial charge is 0.220 e. The third kappa shape index (κ3) is 43.2. The maximum absolute atomic E-state index is 13.1. The van der Waals surface area contributed by atoms with Crippen molar-refractivity contribution < 1.29 is 39.8 Å². The van der Waals surface area contributed by atoms with Crippen molar-refractivity contribution in [2.45, 2.75) is 346 Å². The van der Waals surface area contributed by atoms with Crippen LogP contribution in [0.25, 0.3) is 0 Å². The maximum Gasteiger partial charge on any atom is 0.220 e. The normalized spacial score (nSPS) is 19.3. The third-order valence-corrected chi connectivity index (χ3v) is 15.1. The highest BCUT2D eigenvalue weighted by atomic mass is 16.7. The molecule has 0 aromatic heterocycles. The lowest BCUT2D eigenvalue weighted by atomic mass is 9.99. The van der Waals surface area contributed by atoms with E-state index in [2.05, 4.69) is 55.6 Å². The molecule has 1 fully saturated rings. The van der Waals surface area contributed by atoms with E-state index in [1.807, 2.05) is 6.08 Å². The van der Waals surface area contributed by atoms with E-state index in [1.54, 1.807) is 6.08 Å². The lowest BCUT2D eigenvalue weighted by Crippen LogP contribution is -2.60. The standard InChI is InChI=1S/C65H121NO8/c1-3-5-7-9-11-13-15-17-19-21-23-25-27-29-30-31-33-35-37-39-41-43-45-47-49-51-53-55-61(69)66-58(57-73-65-64(72)63(71)62(70)60(56-67)74-65)59(68)54-52-50-48-46-44-42-40-38-36-34-32-28-26-24-22-20-18-16-14-12-10-8-6-4-2/h29-30,36,38,44,46,52,54,58-60,62-65,67-68,70-72H,3-28,31-35,37,39-43,45,47-51,53,55-57H2,1-2H3,(H,66,69)/b30-29-,38-36+,46-44+,54-52+. The van der Waals surface area contributed by atoms with Gasteiger partial charge in [0, 0.05) is 6.42 Å². The number of amides is 1. The van der Waals surface area contributed by atoms with E-state index < -0.39 is 49.5 Å². The Labute approximate surface area is 456 Å². The van der Waals surface area contributed by atoms with E-state index in [9.17, 15) is 30.3 Å². The van der Waals surface area contributed by atoms with Gasteiger partial charge in [-0.2, -0.15) is 0 Å². The van der Waals surface area contributed by atoms with Gasteiger partial charge in [-0.05, 0) is 70.6 Å². The zero-order chi connectivity index (χ0) is 53.6. The Balaban J connectivity index is 2.21. The zero-order valence-corrected chi connectivity index (χ0v) is 48.4. The van der Waals surface area contributed by atoms with Gasteiger partial charge in [0.2, 0.25) is 5.91 Å². The number of hydrogen-bond acceptors (Lipinski definition) is 8. The van der Waals surface area contributed by atoms with Crippen molar-refractivity contribution in [3.8, 4) is 0 Å². The summed E-state index contributed by atoms with van der Waals surface area (Å²) < 4.78 is 11.3. The van der Waals surface area contributed by atoms with Gasteiger partial charge in [-0.1, -0.05) is 274 Å². The molecule has 0 aromatic carbocycles. The predicted molar refractivity (Wildman–Crippen MR) is 313 cm³/mol. The number of nitrogens with one attached hydrogen (secondary N) is 1. The van der Waals surface area contributed by atoms with Crippen LogP contribution in [0, 0.1) is 0 Å². The molecule has 74 heavy (non-hydrogen) atoms. The summed E-state index contributed by atoms with van der Waals surface area (Å²) >= 11 is 0. The summed E-state index contributed by atoms with van der Waals surface area (Å²) in [5.74, 6) is -0.188. The molecule has 9 nitrogen and oxygen atoms in total. The van der Waals surface area contributed by atoms with Crippen molar-refractivity contribution in [1.29, 1.82) is 0 Å². The van der Waals surface area contributed by atoms with Crippen molar-refractivity contribution in [3.63, 3.8) is 0 Å². The van der Waals surface area contributed by atoms with Gasteiger partial charge in [0.1, 0.15) is 24.4 Å². The van der Waals surface area contributed by atoms with Gasteiger partial charge in [-0.3, -0.25) is 4.79 Å². The summed E-state index contributed by atoms with van der Waals surface area (Å²) in [6.07, 6.45) is 66.3. The Kier molecular flexibility index (Phi) is 51.7. The third-order valence-electron chi connectivity index (χ3n) is 15.1. The molecule has 7 unspecified atom stereocenters. The Morgan fingerprint density at radius 2 is 0.770 bits per heavy atom. The SMILES string of the molecule is CCCCCCCCCCCCCC/C=C\CCCCCCCCCCCCCC(=O)NC(COC1OC(CO)C(O)C(O)C1O)C(O)/C=C/CC/C=C/CC/C=C/CCCCCCCCCCCCCCCC. The van der Waals surface area contributed by atoms with E-state index in [0.29, 0.717) is 6.42 Å². The van der Waals surface area contributed by atoms with Gasteiger partial charge in [-0.25, -0.2) is 0 Å². The maximum atomic E-state index is 13.1. The minimum Gasteiger partial charge on any atom is -0.394 e. The van der Waals surface area contributed by atoms with Crippen LogP contribution in [0.2, 0.25) is 0 Å². The van der Waals surface area contributed by atoms with Gasteiger partial charge in [0.15, 0.2) is 6.29 Å². The van der Waals surface area contributed by atoms with Crippen molar-refractivity contribution in [3.05, 3.63) is 48.6 Å². The molecular weight excluding hydrogens is 923 g/mol. The molecule has 0 saturated carbocycles. The fourth-order valence-electron chi connectivity index (χ4n) is 10.1. The molecule has 1 amide bonds. The van der Waals surface area contributed by atoms with Gasteiger partial charge in [-0.15, -0.1) is 0 Å². The monoisotopic (exact) mass is 1040 g/mol. The lowest BCUT2D eigenvalue weighted by molar-refractivity contribution is -0.302. The highest BCUT2D eigenvalue weighted by molar-refractivity contribution is 5.76. The first-order valence-corrected chi connectivity index (χ1v) is 31.9. The molecule has 0 bridgehead atoms. The number of allylic oxidation sites excluding steroid dienone is 7. The molecule has 1 saturated heterocycles. The van der Waals surface area contributed by atoms with Crippen LogP contribution >= 0.6 is 0 Å². The second-order valence-corrected chi connectivity index (χ2v) is 22.2. The summed E-state index contributed by atoms with van der Waals surface area (Å²) in [7, 11) is 0. The van der Waals surface area contributed by atoms with Crippen LogP contribution in [0.3, 0.4) is 0 Å². The van der Waals surface area contributed by atoms with Crippen molar-refractivity contribution >= 4 is 5.91 Å². The van der Waals surface area contributed by atoms with Gasteiger partial charge < -0.3 is 40.3 Å². The molecule has 1 aliphatic heterocycles. The zero-order valence-electron chi connectivity index (χ0n) is 48.4. The molecule has 1 aliphatic rings. The first-order valence-electron chi connectivity index (χ1n) is 31.9. The van der Waals surface area contributed by atoms with Gasteiger partial charge in [0.25, 0.3) is 0 Å². The van der Waals surface area contributed by atoms with Crippen LogP contribution in [-0.2, 0) is 14.3 Å². The van der Waals surface area contributed by atoms with Crippen LogP contribution in [0.1, 0.15) is 303 Å². The number of carbonyl (C=O) groups excluding carboxylic acids is 1. The number of aliphatic hydroxyl groups excluding tert-OH is 5. The topological polar surface area (TPSA) is 149 Å². The van der Waals surface area contributed by atoms with Crippen molar-refractivity contribution in [2.75, 3.05) is 13.2 Å². The average molecular weight is 1040 g/mol. The summed E-state index contributed by atoms with van der Waals surface area (Å²) in [5, 5.41) is 54.6. The number of aliphatic hydroxyl groups is 5. The highest BCUT2D eigenvalue weighted by Gasteiger charge is 2.44. The van der Waals surface area contributed by atoms with Crippen molar-refractivity contribution in [2.24, 2.45) is 0 Å². The average Bonchev–Trinajstić information content (AvgIpc) is 3.40. The molecule has 6 N–H and O–H groups in total. The molecule has 0 radical (unpaired) electrons. The molecule has 1 rings (SSSR count). The largest absolute Gasteiger partial charge is 0.394 e. The van der Waals surface area contributed by atoms with E-state index >= 15 is 0 Å². The lowest BCUT2D eigenvalue weighted by Gasteiger charge is -2.40. The molecule has 1 heterocycles. The number of carbonyl (C=O) groups is 1. The van der Waals surface area contributed by atoms with E-state index in [0.717, 1.165) is 44.9 Å². The van der Waals surface area contributed by atoms with Crippen molar-refractivity contribution in [1.82, 2.24) is 5.32 Å². The number of unbranched alkanes of at least 4 members (excludes halogenated alkanes) is 39. The fraction of sp³-hybridized carbons (Fsp3) is 0.862. The van der Waals surface area contributed by atoms with Gasteiger partial charge >= 0.3 is 0 Å². The molecule has 0 aromatic rings. The van der Waals surface area contributed by atoms with Gasteiger partial charge in [0.05, 0.1) is 25.4 Å². The van der Waals surface area contributed by atoms with Crippen LogP contribution in [0.4, 0.5) is 0 Å². The Morgan fingerprint density at radius 3 is 1.14 bits per heavy atom. The first kappa shape index (κ1) is 70.2. The molecule has 0 spiro atoms. The second-order valence-electron chi connectivity index (χ2n) is 22.2. The fourth-order valence-corrected chi connectivity index (χ4v) is 10.1. The number of ether oxygens (including phenoxy) is 2. The molecular formula is C65H121NO8. The Hall–Kier alpha value is -1.85. The Bertz CT molecular complexity index is 1300. The summed E-state index contributed by atoms with van der Waals surface area (Å²) in [5.41, 5.74) is 0. The first-order chi connectivity index (χ1) is 36.3. The minimum absolute atomic E-state index is 0.188. The van der Waals surface area contributed by atoms with Crippen LogP contribution in [0.5, 0.6) is 0 Å². The van der Waals surface area contributed by atoms with E-state index in [1.165, 1.54) is 238 Å². The molecule has 0 aliphatic carbocycles. The molecule has 434 valence electrons. The minimum atomic E-state index is -1.58. The second kappa shape index (κ2) is 54.5. The number of hydrogen-bond donors (Lipinski definition) is 6. The summed E-state index contributed by atoms with van der Waals surface area (Å²) in [4.78, 5) is 13.1. The van der Waals surface area contributed by atoms with E-state index in [-0.39, 0.29) is 12.5 Å². The van der Waals surface area contributed by atoms with Crippen LogP contribution < -0.4 is 5.32 Å². The highest BCUT2D eigenvalue weighted by Crippen LogP contribution is 2.23. The van der Waals surface area contributed by atoms with E-state index in [4.69, 9.17) is 9.47 Å². The summed E-state index contributed by atoms with van der Waals surface area (Å²) in [6, 6.07) is -0.830. The van der Waals surface area contributed by atoms with Crippen LogP contribution in [-0.4, -0.2) is 87.5 Å². The Morgan fingerprint density at radius 1 is 0.446 bits per heavy atom. The molecule has 7 atom stereocenters.